The van der Waals surface area contributed by atoms with Gasteiger partial charge in [0.1, 0.15) is 11.9 Å². The van der Waals surface area contributed by atoms with Gasteiger partial charge in [-0.1, -0.05) is 35.9 Å². The van der Waals surface area contributed by atoms with Crippen molar-refractivity contribution in [2.45, 2.75) is 13.5 Å². The molecule has 30 heavy (non-hydrogen) atoms. The summed E-state index contributed by atoms with van der Waals surface area (Å²) in [6.45, 7) is 2.62. The van der Waals surface area contributed by atoms with Gasteiger partial charge in [0.15, 0.2) is 5.65 Å². The second-order valence-electron chi connectivity index (χ2n) is 6.81. The highest BCUT2D eigenvalue weighted by Crippen LogP contribution is 2.25. The lowest BCUT2D eigenvalue weighted by Gasteiger charge is -2.03. The molecule has 0 aliphatic carbocycles. The number of benzene rings is 1. The Balaban J connectivity index is 1.37. The van der Waals surface area contributed by atoms with Gasteiger partial charge in [0.05, 0.1) is 23.3 Å². The van der Waals surface area contributed by atoms with Gasteiger partial charge < -0.3 is 0 Å². The van der Waals surface area contributed by atoms with Gasteiger partial charge in [0.2, 0.25) is 5.95 Å². The molecule has 0 fully saturated rings. The fraction of sp³-hybridized carbons (Fsp3) is 0.0952. The average molecular weight is 415 g/mol. The summed E-state index contributed by atoms with van der Waals surface area (Å²) in [7, 11) is 0. The highest BCUT2D eigenvalue weighted by Gasteiger charge is 2.18. The minimum absolute atomic E-state index is 0.237. The van der Waals surface area contributed by atoms with Crippen molar-refractivity contribution in [2.75, 3.05) is 5.32 Å². The lowest BCUT2D eigenvalue weighted by molar-refractivity contribution is 0.102. The highest BCUT2D eigenvalue weighted by molar-refractivity contribution is 7.13. The van der Waals surface area contributed by atoms with Gasteiger partial charge in [-0.3, -0.25) is 10.1 Å². The molecule has 148 valence electrons. The van der Waals surface area contributed by atoms with Crippen LogP contribution in [0.2, 0.25) is 0 Å². The summed E-state index contributed by atoms with van der Waals surface area (Å²) in [5, 5.41) is 13.4. The van der Waals surface area contributed by atoms with Crippen LogP contribution >= 0.6 is 11.3 Å². The number of rotatable bonds is 5. The third-order valence-electron chi connectivity index (χ3n) is 4.61. The van der Waals surface area contributed by atoms with E-state index in [1.54, 1.807) is 33.1 Å². The maximum atomic E-state index is 12.8. The molecule has 4 aromatic heterocycles. The van der Waals surface area contributed by atoms with Crippen LogP contribution in [0.1, 0.15) is 21.5 Å². The van der Waals surface area contributed by atoms with Crippen molar-refractivity contribution in [2.24, 2.45) is 0 Å². The molecule has 9 heteroatoms. The van der Waals surface area contributed by atoms with Crippen molar-refractivity contribution >= 4 is 28.8 Å². The van der Waals surface area contributed by atoms with E-state index in [-0.39, 0.29) is 11.9 Å². The predicted octanol–water partition coefficient (Wildman–Crippen LogP) is 3.66. The maximum Gasteiger partial charge on any atom is 0.263 e. The Bertz CT molecular complexity index is 1340. The number of fused-ring (bicyclic) bond motifs is 1. The summed E-state index contributed by atoms with van der Waals surface area (Å²) in [5.41, 5.74) is 4.03. The van der Waals surface area contributed by atoms with Crippen LogP contribution in [0.5, 0.6) is 0 Å². The summed E-state index contributed by atoms with van der Waals surface area (Å²) < 4.78 is 3.36. The molecule has 0 radical (unpaired) electrons. The van der Waals surface area contributed by atoms with Gasteiger partial charge in [-0.2, -0.15) is 5.10 Å². The van der Waals surface area contributed by atoms with Gasteiger partial charge >= 0.3 is 0 Å². The van der Waals surface area contributed by atoms with E-state index in [1.807, 2.05) is 48.7 Å². The van der Waals surface area contributed by atoms with E-state index in [0.29, 0.717) is 17.8 Å². The molecule has 0 spiro atoms. The minimum Gasteiger partial charge on any atom is -0.289 e. The van der Waals surface area contributed by atoms with Crippen molar-refractivity contribution in [3.05, 3.63) is 83.3 Å². The summed E-state index contributed by atoms with van der Waals surface area (Å²) in [5.74, 6) is -0.115. The smallest absolute Gasteiger partial charge is 0.263 e. The quantitative estimate of drug-likeness (QED) is 0.473. The van der Waals surface area contributed by atoms with Crippen molar-refractivity contribution in [3.63, 3.8) is 0 Å². The molecule has 4 heterocycles. The van der Waals surface area contributed by atoms with E-state index < -0.39 is 0 Å². The Morgan fingerprint density at radius 3 is 2.93 bits per heavy atom. The molecule has 0 saturated heterocycles. The summed E-state index contributed by atoms with van der Waals surface area (Å²) in [6, 6.07) is 14.0. The first-order valence-electron chi connectivity index (χ1n) is 9.30. The molecule has 0 unspecified atom stereocenters. The number of thiophene rings is 1. The van der Waals surface area contributed by atoms with E-state index >= 15 is 0 Å². The number of anilines is 1. The number of hydrogen-bond donors (Lipinski definition) is 1. The Hall–Kier alpha value is -3.85. The highest BCUT2D eigenvalue weighted by atomic mass is 32.1. The molecular weight excluding hydrogens is 398 g/mol. The molecule has 0 atom stereocenters. The summed E-state index contributed by atoms with van der Waals surface area (Å²) in [6.07, 6.45) is 4.79. The third-order valence-corrected chi connectivity index (χ3v) is 5.50. The van der Waals surface area contributed by atoms with Crippen LogP contribution in [-0.4, -0.2) is 35.3 Å². The molecule has 5 rings (SSSR count). The summed E-state index contributed by atoms with van der Waals surface area (Å²) in [4.78, 5) is 22.4. The number of amides is 1. The fourth-order valence-corrected chi connectivity index (χ4v) is 3.99. The fourth-order valence-electron chi connectivity index (χ4n) is 3.26. The average Bonchev–Trinajstić information content (AvgIpc) is 3.49. The molecule has 8 nitrogen and oxygen atoms in total. The number of nitrogens with zero attached hydrogens (tertiary/aromatic N) is 6. The molecule has 0 bridgehead atoms. The SMILES string of the molecule is Cc1cccc(Cn2cnc(NC(=O)c3cnn4c(-c5cccs5)ccnc34)n2)c1. The van der Waals surface area contributed by atoms with Gasteiger partial charge in [0, 0.05) is 6.20 Å². The van der Waals surface area contributed by atoms with Crippen molar-refractivity contribution in [1.29, 1.82) is 0 Å². The Morgan fingerprint density at radius 2 is 2.10 bits per heavy atom. The van der Waals surface area contributed by atoms with Crippen LogP contribution in [-0.2, 0) is 6.54 Å². The van der Waals surface area contributed by atoms with Crippen LogP contribution < -0.4 is 5.32 Å². The monoisotopic (exact) mass is 415 g/mol. The predicted molar refractivity (Wildman–Crippen MR) is 115 cm³/mol. The van der Waals surface area contributed by atoms with Crippen molar-refractivity contribution in [3.8, 4) is 10.6 Å². The van der Waals surface area contributed by atoms with E-state index in [4.69, 9.17) is 0 Å². The Labute approximate surface area is 175 Å². The van der Waals surface area contributed by atoms with Gasteiger partial charge in [-0.05, 0) is 30.0 Å². The first-order valence-corrected chi connectivity index (χ1v) is 10.2. The standard InChI is InChI=1S/C21H17N7OS/c1-14-4-2-5-15(10-14)12-27-13-23-21(26-27)25-20(29)16-11-24-28-17(7-8-22-19(16)28)18-6-3-9-30-18/h2-11,13H,12H2,1H3,(H,25,26,29). The van der Waals surface area contributed by atoms with Gasteiger partial charge in [0.25, 0.3) is 5.91 Å². The second-order valence-corrected chi connectivity index (χ2v) is 7.76. The van der Waals surface area contributed by atoms with Crippen LogP contribution in [0.3, 0.4) is 0 Å². The first kappa shape index (κ1) is 18.2. The Kier molecular flexibility index (Phi) is 4.56. The van der Waals surface area contributed by atoms with E-state index in [2.05, 4.69) is 31.5 Å². The van der Waals surface area contributed by atoms with Crippen molar-refractivity contribution < 1.29 is 4.79 Å². The van der Waals surface area contributed by atoms with Crippen LogP contribution in [0.4, 0.5) is 5.95 Å². The van der Waals surface area contributed by atoms with Crippen molar-refractivity contribution in [1.82, 2.24) is 29.4 Å². The molecule has 1 N–H and O–H groups in total. The van der Waals surface area contributed by atoms with Crippen LogP contribution in [0.25, 0.3) is 16.2 Å². The number of nitrogens with one attached hydrogen (secondary N) is 1. The van der Waals surface area contributed by atoms with E-state index in [1.165, 1.54) is 11.8 Å². The van der Waals surface area contributed by atoms with Gasteiger partial charge in [-0.25, -0.2) is 19.2 Å². The molecule has 0 aliphatic heterocycles. The molecule has 5 aromatic rings. The third kappa shape index (κ3) is 3.46. The number of aromatic nitrogens is 6. The van der Waals surface area contributed by atoms with Crippen LogP contribution in [0.15, 0.2) is 66.6 Å². The lowest BCUT2D eigenvalue weighted by Crippen LogP contribution is -2.13. The number of hydrogen-bond acceptors (Lipinski definition) is 6. The topological polar surface area (TPSA) is 90.0 Å². The zero-order valence-electron chi connectivity index (χ0n) is 16.1. The number of carbonyl (C=O) groups excluding carboxylic acids is 1. The summed E-state index contributed by atoms with van der Waals surface area (Å²) >= 11 is 1.60. The van der Waals surface area contributed by atoms with Gasteiger partial charge in [-0.15, -0.1) is 16.4 Å². The largest absolute Gasteiger partial charge is 0.289 e. The normalized spacial score (nSPS) is 11.1. The number of carbonyl (C=O) groups is 1. The molecular formula is C21H17N7OS. The molecule has 0 saturated carbocycles. The Morgan fingerprint density at radius 1 is 1.17 bits per heavy atom. The zero-order valence-corrected chi connectivity index (χ0v) is 16.9. The zero-order chi connectivity index (χ0) is 20.5. The molecule has 1 amide bonds. The first-order chi connectivity index (χ1) is 14.7. The molecule has 0 aliphatic rings. The number of aryl methyl sites for hydroxylation is 1. The van der Waals surface area contributed by atoms with Crippen LogP contribution in [0, 0.1) is 6.92 Å². The maximum absolute atomic E-state index is 12.8. The second kappa shape index (κ2) is 7.53. The minimum atomic E-state index is -0.353. The lowest BCUT2D eigenvalue weighted by atomic mass is 10.1. The van der Waals surface area contributed by atoms with E-state index in [0.717, 1.165) is 16.1 Å². The van der Waals surface area contributed by atoms with E-state index in [9.17, 15) is 4.79 Å². The molecule has 1 aromatic carbocycles.